The number of amidine groups is 1. The Kier molecular flexibility index (Phi) is 8.56. The zero-order valence-corrected chi connectivity index (χ0v) is 17.7. The van der Waals surface area contributed by atoms with Gasteiger partial charge in [0.1, 0.15) is 0 Å². The van der Waals surface area contributed by atoms with Crippen LogP contribution in [0.25, 0.3) is 0 Å². The molecule has 0 bridgehead atoms. The predicted molar refractivity (Wildman–Crippen MR) is 112 cm³/mol. The van der Waals surface area contributed by atoms with Crippen LogP contribution in [-0.2, 0) is 14.4 Å². The number of nitrogens with one attached hydrogen (secondary N) is 1. The fourth-order valence-electron chi connectivity index (χ4n) is 3.54. The number of aliphatic carboxylic acids is 2. The van der Waals surface area contributed by atoms with Crippen molar-refractivity contribution < 1.29 is 38.9 Å². The second kappa shape index (κ2) is 11.1. The number of hydrogen-bond acceptors (Lipinski definition) is 7. The lowest BCUT2D eigenvalue weighted by Gasteiger charge is -2.29. The molecule has 1 aliphatic rings. The Bertz CT molecular complexity index is 893. The fraction of sp³-hybridized carbons (Fsp3) is 0.476. The number of likely N-dealkylation sites (N-methyl/N-ethyl adjacent to an activating group) is 1. The lowest BCUT2D eigenvalue weighted by Crippen LogP contribution is -2.39. The summed E-state index contributed by atoms with van der Waals surface area (Å²) in [7, 11) is 1.53. The smallest absolute Gasteiger partial charge is 0.341 e. The summed E-state index contributed by atoms with van der Waals surface area (Å²) in [5.74, 6) is -3.25. The lowest BCUT2D eigenvalue weighted by molar-refractivity contribution is -0.140. The molecule has 0 atom stereocenters. The Morgan fingerprint density at radius 2 is 1.53 bits per heavy atom. The molecule has 1 aromatic rings. The Hall–Kier alpha value is -3.63. The fourth-order valence-corrected chi connectivity index (χ4v) is 3.54. The van der Waals surface area contributed by atoms with Crippen LogP contribution < -0.4 is 15.2 Å². The van der Waals surface area contributed by atoms with Gasteiger partial charge in [-0.1, -0.05) is 0 Å². The summed E-state index contributed by atoms with van der Waals surface area (Å²) in [6, 6.07) is 3.97. The molecule has 1 saturated carbocycles. The van der Waals surface area contributed by atoms with E-state index in [1.807, 2.05) is 0 Å². The van der Waals surface area contributed by atoms with E-state index in [-0.39, 0.29) is 47.2 Å². The number of amides is 1. The molecule has 174 valence electrons. The second-order valence-corrected chi connectivity index (χ2v) is 7.65. The van der Waals surface area contributed by atoms with Gasteiger partial charge in [-0.2, -0.15) is 0 Å². The molecule has 1 aromatic carbocycles. The molecule has 0 unspecified atom stereocenters. The van der Waals surface area contributed by atoms with Gasteiger partial charge in [-0.25, -0.2) is 9.59 Å². The first kappa shape index (κ1) is 24.6. The van der Waals surface area contributed by atoms with Crippen LogP contribution in [0.3, 0.4) is 0 Å². The van der Waals surface area contributed by atoms with Crippen LogP contribution in [0, 0.1) is 17.2 Å². The summed E-state index contributed by atoms with van der Waals surface area (Å²) < 4.78 is 10.2. The van der Waals surface area contributed by atoms with Crippen LogP contribution in [-0.4, -0.2) is 71.4 Å². The lowest BCUT2D eigenvalue weighted by atomic mass is 9.81. The summed E-state index contributed by atoms with van der Waals surface area (Å²) in [4.78, 5) is 48.3. The topological polar surface area (TPSA) is 180 Å². The SMILES string of the molecule is CN(CC(=O)c1ccc(OCC(=O)O)c(OCC(=O)O)c1)C(=O)C1CCC(C(=N)N)CC1. The highest BCUT2D eigenvalue weighted by atomic mass is 16.5. The van der Waals surface area contributed by atoms with E-state index in [0.29, 0.717) is 25.7 Å². The van der Waals surface area contributed by atoms with Gasteiger partial charge in [0.2, 0.25) is 5.91 Å². The molecule has 1 amide bonds. The maximum Gasteiger partial charge on any atom is 0.341 e. The summed E-state index contributed by atoms with van der Waals surface area (Å²) in [5, 5.41) is 25.1. The summed E-state index contributed by atoms with van der Waals surface area (Å²) in [6.45, 7) is -1.57. The minimum atomic E-state index is -1.25. The third-order valence-corrected chi connectivity index (χ3v) is 5.24. The van der Waals surface area contributed by atoms with Crippen LogP contribution in [0.1, 0.15) is 36.0 Å². The number of nitrogens with two attached hydrogens (primary N) is 1. The maximum absolute atomic E-state index is 12.7. The van der Waals surface area contributed by atoms with E-state index in [4.69, 9.17) is 30.8 Å². The van der Waals surface area contributed by atoms with Gasteiger partial charge < -0.3 is 30.3 Å². The highest BCUT2D eigenvalue weighted by Crippen LogP contribution is 2.31. The second-order valence-electron chi connectivity index (χ2n) is 7.65. The molecule has 1 aliphatic carbocycles. The van der Waals surface area contributed by atoms with Gasteiger partial charge in [-0.15, -0.1) is 0 Å². The van der Waals surface area contributed by atoms with Gasteiger partial charge in [0.05, 0.1) is 12.4 Å². The Morgan fingerprint density at radius 1 is 1.00 bits per heavy atom. The number of rotatable bonds is 11. The molecule has 11 heteroatoms. The molecule has 0 heterocycles. The van der Waals surface area contributed by atoms with E-state index in [1.165, 1.54) is 30.1 Å². The van der Waals surface area contributed by atoms with Gasteiger partial charge in [0.15, 0.2) is 30.5 Å². The summed E-state index contributed by atoms with van der Waals surface area (Å²) >= 11 is 0. The highest BCUT2D eigenvalue weighted by molar-refractivity contribution is 6.00. The van der Waals surface area contributed by atoms with E-state index < -0.39 is 30.9 Å². The molecule has 2 rings (SSSR count). The number of nitrogens with zero attached hydrogens (tertiary/aromatic N) is 1. The van der Waals surface area contributed by atoms with Crippen molar-refractivity contribution in [2.45, 2.75) is 25.7 Å². The highest BCUT2D eigenvalue weighted by Gasteiger charge is 2.30. The first-order valence-corrected chi connectivity index (χ1v) is 10.0. The molecule has 0 saturated heterocycles. The number of carboxylic acid groups (broad SMARTS) is 2. The predicted octanol–water partition coefficient (Wildman–Crippen LogP) is 0.997. The average molecular weight is 449 g/mol. The average Bonchev–Trinajstić information content (AvgIpc) is 2.75. The van der Waals surface area contributed by atoms with Crippen molar-refractivity contribution in [2.24, 2.45) is 17.6 Å². The molecule has 11 nitrogen and oxygen atoms in total. The largest absolute Gasteiger partial charge is 0.479 e. The molecule has 0 aliphatic heterocycles. The van der Waals surface area contributed by atoms with Crippen LogP contribution in [0.15, 0.2) is 18.2 Å². The quantitative estimate of drug-likeness (QED) is 0.218. The van der Waals surface area contributed by atoms with Crippen molar-refractivity contribution in [1.29, 1.82) is 5.41 Å². The van der Waals surface area contributed by atoms with Crippen molar-refractivity contribution in [3.8, 4) is 11.5 Å². The van der Waals surface area contributed by atoms with Crippen molar-refractivity contribution in [2.75, 3.05) is 26.8 Å². The van der Waals surface area contributed by atoms with E-state index in [0.717, 1.165) is 0 Å². The number of ketones is 1. The molecule has 0 aromatic heterocycles. The van der Waals surface area contributed by atoms with Crippen LogP contribution >= 0.6 is 0 Å². The number of carbonyl (C=O) groups excluding carboxylic acids is 2. The van der Waals surface area contributed by atoms with E-state index in [9.17, 15) is 19.2 Å². The number of ether oxygens (including phenoxy) is 2. The minimum absolute atomic E-state index is 0.00271. The number of benzene rings is 1. The normalized spacial score (nSPS) is 17.8. The van der Waals surface area contributed by atoms with E-state index in [1.54, 1.807) is 0 Å². The summed E-state index contributed by atoms with van der Waals surface area (Å²) in [5.41, 5.74) is 5.70. The molecule has 32 heavy (non-hydrogen) atoms. The maximum atomic E-state index is 12.7. The van der Waals surface area contributed by atoms with Crippen molar-refractivity contribution in [1.82, 2.24) is 4.90 Å². The number of Topliss-reactive ketones (excluding diaryl/α,β-unsaturated/α-hetero) is 1. The number of hydrogen-bond donors (Lipinski definition) is 4. The Labute approximate surface area is 184 Å². The van der Waals surface area contributed by atoms with Gasteiger partial charge in [0.25, 0.3) is 0 Å². The number of carbonyl (C=O) groups is 4. The van der Waals surface area contributed by atoms with Crippen molar-refractivity contribution in [3.63, 3.8) is 0 Å². The zero-order valence-electron chi connectivity index (χ0n) is 17.7. The van der Waals surface area contributed by atoms with Crippen LogP contribution in [0.2, 0.25) is 0 Å². The van der Waals surface area contributed by atoms with Gasteiger partial charge in [-0.3, -0.25) is 15.0 Å². The number of carboxylic acids is 2. The molecule has 5 N–H and O–H groups in total. The zero-order chi connectivity index (χ0) is 23.8. The van der Waals surface area contributed by atoms with Crippen molar-refractivity contribution in [3.05, 3.63) is 23.8 Å². The molecular formula is C21H27N3O8. The molecule has 0 spiro atoms. The molecule has 0 radical (unpaired) electrons. The monoisotopic (exact) mass is 449 g/mol. The molecule has 1 fully saturated rings. The Balaban J connectivity index is 2.05. The first-order chi connectivity index (χ1) is 15.1. The van der Waals surface area contributed by atoms with E-state index >= 15 is 0 Å². The van der Waals surface area contributed by atoms with Gasteiger partial charge >= 0.3 is 11.9 Å². The van der Waals surface area contributed by atoms with Crippen molar-refractivity contribution >= 4 is 29.5 Å². The minimum Gasteiger partial charge on any atom is -0.479 e. The molecular weight excluding hydrogens is 422 g/mol. The van der Waals surface area contributed by atoms with Crippen LogP contribution in [0.4, 0.5) is 0 Å². The Morgan fingerprint density at radius 3 is 2.06 bits per heavy atom. The van der Waals surface area contributed by atoms with Gasteiger partial charge in [-0.05, 0) is 43.9 Å². The van der Waals surface area contributed by atoms with Gasteiger partial charge in [0, 0.05) is 24.4 Å². The first-order valence-electron chi connectivity index (χ1n) is 10.0. The third-order valence-electron chi connectivity index (χ3n) is 5.24. The van der Waals surface area contributed by atoms with E-state index in [2.05, 4.69) is 0 Å². The summed E-state index contributed by atoms with van der Waals surface area (Å²) in [6.07, 6.45) is 2.53. The van der Waals surface area contributed by atoms with Crippen LogP contribution in [0.5, 0.6) is 11.5 Å². The third kappa shape index (κ3) is 6.96. The standard InChI is InChI=1S/C21H27N3O8/c1-24(21(30)13-4-2-12(3-5-13)20(22)23)9-15(25)14-6-7-16(31-10-18(26)27)17(8-14)32-11-19(28)29/h6-8,12-13H,2-5,9-11H2,1H3,(H3,22,23)(H,26,27)(H,28,29).